The summed E-state index contributed by atoms with van der Waals surface area (Å²) < 4.78 is 0. The second kappa shape index (κ2) is 7.71. The van der Waals surface area contributed by atoms with Crippen molar-refractivity contribution >= 4 is 28.9 Å². The van der Waals surface area contributed by atoms with E-state index < -0.39 is 51.9 Å². The number of phenolic OH excluding ortho intramolecular Hbond substituents is 4. The van der Waals surface area contributed by atoms with Crippen molar-refractivity contribution in [3.63, 3.8) is 0 Å². The van der Waals surface area contributed by atoms with Gasteiger partial charge in [-0.05, 0) is 48.5 Å². The first kappa shape index (κ1) is 22.9. The molecule has 4 aromatic rings. The van der Waals surface area contributed by atoms with Gasteiger partial charge in [0.2, 0.25) is 0 Å². The molecule has 0 heterocycles. The van der Waals surface area contributed by atoms with E-state index >= 15 is 0 Å². The summed E-state index contributed by atoms with van der Waals surface area (Å²) in [5, 5.41) is 40.5. The van der Waals surface area contributed by atoms with Gasteiger partial charge in [0.05, 0.1) is 22.3 Å². The zero-order valence-electron chi connectivity index (χ0n) is 19.1. The Morgan fingerprint density at radius 2 is 0.711 bits per heavy atom. The Hall–Kier alpha value is -5.57. The maximum absolute atomic E-state index is 13.4. The average molecular weight is 506 g/mol. The lowest BCUT2D eigenvalue weighted by molar-refractivity contribution is 0.0972. The molecule has 0 saturated heterocycles. The highest BCUT2D eigenvalue weighted by molar-refractivity contribution is 6.32. The number of phenols is 4. The fraction of sp³-hybridized carbons (Fsp3) is 0. The summed E-state index contributed by atoms with van der Waals surface area (Å²) in [5.74, 6) is -5.44. The third-order valence-corrected chi connectivity index (χ3v) is 6.77. The van der Waals surface area contributed by atoms with Gasteiger partial charge in [0.15, 0.2) is 28.9 Å². The van der Waals surface area contributed by atoms with Gasteiger partial charge in [-0.25, -0.2) is 0 Å². The van der Waals surface area contributed by atoms with Crippen LogP contribution in [0.2, 0.25) is 0 Å². The smallest absolute Gasteiger partial charge is 0.198 e. The molecule has 0 radical (unpaired) electrons. The molecule has 6 rings (SSSR count). The second-order valence-electron chi connectivity index (χ2n) is 8.87. The third kappa shape index (κ3) is 2.96. The van der Waals surface area contributed by atoms with Gasteiger partial charge in [0, 0.05) is 33.4 Å². The molecule has 0 atom stereocenters. The molecular formula is C29H14O9. The minimum Gasteiger partial charge on any atom is -0.507 e. The van der Waals surface area contributed by atoms with E-state index in [0.29, 0.717) is 0 Å². The predicted octanol–water partition coefficient (Wildman–Crippen LogP) is 3.29. The monoisotopic (exact) mass is 506 g/mol. The number of hydrogen-bond donors (Lipinski definition) is 4. The zero-order chi connectivity index (χ0) is 27.0. The summed E-state index contributed by atoms with van der Waals surface area (Å²) in [7, 11) is 0. The van der Waals surface area contributed by atoms with E-state index in [1.54, 1.807) is 0 Å². The lowest BCUT2D eigenvalue weighted by atomic mass is 9.80. The normalized spacial score (nSPS) is 13.5. The summed E-state index contributed by atoms with van der Waals surface area (Å²) in [5.41, 5.74) is -1.81. The van der Waals surface area contributed by atoms with Crippen molar-refractivity contribution in [3.8, 4) is 23.0 Å². The fourth-order valence-corrected chi connectivity index (χ4v) is 4.93. The van der Waals surface area contributed by atoms with Gasteiger partial charge >= 0.3 is 0 Å². The number of fused-ring (bicyclic) bond motifs is 4. The maximum Gasteiger partial charge on any atom is 0.198 e. The van der Waals surface area contributed by atoms with Gasteiger partial charge in [-0.3, -0.25) is 24.0 Å². The van der Waals surface area contributed by atoms with Crippen molar-refractivity contribution in [2.24, 2.45) is 0 Å². The van der Waals surface area contributed by atoms with Crippen molar-refractivity contribution < 1.29 is 44.4 Å². The van der Waals surface area contributed by atoms with E-state index in [4.69, 9.17) is 0 Å². The molecule has 9 heteroatoms. The minimum atomic E-state index is -0.754. The summed E-state index contributed by atoms with van der Waals surface area (Å²) in [6.45, 7) is 0. The van der Waals surface area contributed by atoms with Crippen molar-refractivity contribution in [2.45, 2.75) is 0 Å². The highest BCUT2D eigenvalue weighted by atomic mass is 16.3. The molecule has 0 saturated carbocycles. The lowest BCUT2D eigenvalue weighted by Crippen LogP contribution is -2.23. The molecule has 0 aromatic heterocycles. The quantitative estimate of drug-likeness (QED) is 0.204. The van der Waals surface area contributed by atoms with Gasteiger partial charge in [-0.1, -0.05) is 12.1 Å². The Balaban J connectivity index is 1.43. The Bertz CT molecular complexity index is 1710. The SMILES string of the molecule is O=C(c1ccc2c(c1)C(=O)c1c(O)ccc(O)c1C2=O)c1ccc2c(c1)C(=O)c1c(O)ccc(O)c1C2=O. The molecule has 0 unspecified atom stereocenters. The fourth-order valence-electron chi connectivity index (χ4n) is 4.93. The van der Waals surface area contributed by atoms with Crippen LogP contribution in [0.3, 0.4) is 0 Å². The van der Waals surface area contributed by atoms with E-state index in [1.807, 2.05) is 0 Å². The molecule has 0 fully saturated rings. The summed E-state index contributed by atoms with van der Waals surface area (Å²) in [4.78, 5) is 65.5. The van der Waals surface area contributed by atoms with Crippen molar-refractivity contribution in [3.05, 3.63) is 116 Å². The highest BCUT2D eigenvalue weighted by Crippen LogP contribution is 2.39. The van der Waals surface area contributed by atoms with Gasteiger partial charge in [0.1, 0.15) is 23.0 Å². The van der Waals surface area contributed by atoms with Crippen LogP contribution in [0, 0.1) is 0 Å². The molecule has 2 aliphatic rings. The van der Waals surface area contributed by atoms with Crippen LogP contribution in [0.15, 0.2) is 60.7 Å². The highest BCUT2D eigenvalue weighted by Gasteiger charge is 2.36. The molecule has 184 valence electrons. The largest absolute Gasteiger partial charge is 0.507 e. The summed E-state index contributed by atoms with van der Waals surface area (Å²) >= 11 is 0. The van der Waals surface area contributed by atoms with Crippen molar-refractivity contribution in [1.82, 2.24) is 0 Å². The van der Waals surface area contributed by atoms with Gasteiger partial charge in [-0.15, -0.1) is 0 Å². The van der Waals surface area contributed by atoms with Crippen LogP contribution in [-0.4, -0.2) is 49.3 Å². The van der Waals surface area contributed by atoms with Crippen LogP contribution in [-0.2, 0) is 0 Å². The number of carbonyl (C=O) groups is 5. The summed E-state index contributed by atoms with van der Waals surface area (Å²) in [6, 6.07) is 11.9. The molecule has 0 spiro atoms. The number of rotatable bonds is 2. The van der Waals surface area contributed by atoms with Crippen LogP contribution < -0.4 is 0 Å². The van der Waals surface area contributed by atoms with Crippen LogP contribution in [0.5, 0.6) is 23.0 Å². The number of carbonyl (C=O) groups excluding carboxylic acids is 5. The number of ketones is 5. The predicted molar refractivity (Wildman–Crippen MR) is 130 cm³/mol. The molecule has 0 amide bonds. The minimum absolute atomic E-state index is 0.0107. The van der Waals surface area contributed by atoms with E-state index in [9.17, 15) is 44.4 Å². The molecule has 4 N–H and O–H groups in total. The standard InChI is InChI=1S/C29H14O9/c30-17-5-7-19(32)23-21(17)26(35)13-3-1-11(9-15(13)28(23)37)25(34)12-2-4-14-16(10-12)29(38)24-20(33)8-6-18(31)22(24)27(14)36/h1-10,30-33H. The molecule has 38 heavy (non-hydrogen) atoms. The van der Waals surface area contributed by atoms with Crippen molar-refractivity contribution in [2.75, 3.05) is 0 Å². The topological polar surface area (TPSA) is 166 Å². The van der Waals surface area contributed by atoms with Crippen LogP contribution in [0.25, 0.3) is 0 Å². The molecule has 2 aliphatic carbocycles. The van der Waals surface area contributed by atoms with Crippen LogP contribution in [0.4, 0.5) is 0 Å². The number of aromatic hydroxyl groups is 4. The second-order valence-corrected chi connectivity index (χ2v) is 8.87. The molecule has 9 nitrogen and oxygen atoms in total. The van der Waals surface area contributed by atoms with E-state index in [2.05, 4.69) is 0 Å². The Kier molecular flexibility index (Phi) is 4.64. The van der Waals surface area contributed by atoms with Gasteiger partial charge < -0.3 is 20.4 Å². The Morgan fingerprint density at radius 1 is 0.421 bits per heavy atom. The van der Waals surface area contributed by atoms with E-state index in [-0.39, 0.29) is 55.6 Å². The number of hydrogen-bond acceptors (Lipinski definition) is 9. The Morgan fingerprint density at radius 3 is 1.03 bits per heavy atom. The molecule has 4 aromatic carbocycles. The first-order valence-corrected chi connectivity index (χ1v) is 11.2. The molecular weight excluding hydrogens is 492 g/mol. The zero-order valence-corrected chi connectivity index (χ0v) is 19.1. The third-order valence-electron chi connectivity index (χ3n) is 6.77. The van der Waals surface area contributed by atoms with Gasteiger partial charge in [-0.2, -0.15) is 0 Å². The first-order valence-electron chi connectivity index (χ1n) is 11.2. The lowest BCUT2D eigenvalue weighted by Gasteiger charge is -2.20. The first-order chi connectivity index (χ1) is 18.1. The average Bonchev–Trinajstić information content (AvgIpc) is 2.91. The molecule has 0 aliphatic heterocycles. The van der Waals surface area contributed by atoms with E-state index in [0.717, 1.165) is 24.3 Å². The number of benzene rings is 4. The van der Waals surface area contributed by atoms with E-state index in [1.165, 1.54) is 36.4 Å². The van der Waals surface area contributed by atoms with Gasteiger partial charge in [0.25, 0.3) is 0 Å². The summed E-state index contributed by atoms with van der Waals surface area (Å²) in [6.07, 6.45) is 0. The Labute approximate surface area is 212 Å². The molecule has 0 bridgehead atoms. The van der Waals surface area contributed by atoms with Crippen LogP contribution >= 0.6 is 0 Å². The van der Waals surface area contributed by atoms with Crippen molar-refractivity contribution in [1.29, 1.82) is 0 Å². The maximum atomic E-state index is 13.4. The van der Waals surface area contributed by atoms with Crippen LogP contribution in [0.1, 0.15) is 79.6 Å².